The number of aliphatic carboxylic acids is 1. The second-order valence-corrected chi connectivity index (χ2v) is 3.75. The molecule has 1 aromatic rings. The lowest BCUT2D eigenvalue weighted by Crippen LogP contribution is -2.45. The molecule has 3 N–H and O–H groups in total. The zero-order valence-corrected chi connectivity index (χ0v) is 8.45. The summed E-state index contributed by atoms with van der Waals surface area (Å²) < 4.78 is 4.82. The Balaban J connectivity index is 2.87. The molecule has 0 aliphatic rings. The summed E-state index contributed by atoms with van der Waals surface area (Å²) in [4.78, 5) is 11.0. The Labute approximate surface area is 84.9 Å². The van der Waals surface area contributed by atoms with Crippen molar-refractivity contribution < 1.29 is 14.3 Å². The molecule has 1 unspecified atom stereocenters. The van der Waals surface area contributed by atoms with E-state index in [4.69, 9.17) is 15.3 Å². The van der Waals surface area contributed by atoms with E-state index in [1.165, 1.54) is 11.8 Å². The van der Waals surface area contributed by atoms with Gasteiger partial charge in [-0.25, -0.2) is 4.79 Å². The second-order valence-electron chi connectivity index (χ2n) is 2.76. The highest BCUT2D eigenvalue weighted by molar-refractivity contribution is 7.98. The average molecular weight is 217 g/mol. The summed E-state index contributed by atoms with van der Waals surface area (Å²) in [6.45, 7) is 0. The zero-order chi connectivity index (χ0) is 10.6. The van der Waals surface area contributed by atoms with E-state index >= 15 is 0 Å². The summed E-state index contributed by atoms with van der Waals surface area (Å²) in [5.74, 6) is -0.597. The molecule has 0 aliphatic heterocycles. The van der Waals surface area contributed by atoms with Crippen LogP contribution >= 0.6 is 11.8 Å². The number of hydrogen-bond acceptors (Lipinski definition) is 6. The molecule has 0 bridgehead atoms. The van der Waals surface area contributed by atoms with Gasteiger partial charge >= 0.3 is 5.97 Å². The molecule has 0 radical (unpaired) electrons. The van der Waals surface area contributed by atoms with Gasteiger partial charge in [0.05, 0.1) is 0 Å². The molecule has 0 aromatic carbocycles. The monoisotopic (exact) mass is 217 g/mol. The molecular formula is C7H11N3O3S. The van der Waals surface area contributed by atoms with Gasteiger partial charge in [0.2, 0.25) is 12.3 Å². The number of hydrogen-bond donors (Lipinski definition) is 2. The van der Waals surface area contributed by atoms with Gasteiger partial charge < -0.3 is 15.3 Å². The summed E-state index contributed by atoms with van der Waals surface area (Å²) >= 11 is 1.51. The number of nitrogens with two attached hydrogens (primary N) is 1. The van der Waals surface area contributed by atoms with Gasteiger partial charge in [-0.2, -0.15) is 11.8 Å². The van der Waals surface area contributed by atoms with Gasteiger partial charge in [-0.15, -0.1) is 10.2 Å². The Morgan fingerprint density at radius 1 is 1.86 bits per heavy atom. The SMILES string of the molecule is CSCCC(N)(C(=O)O)c1nnco1. The van der Waals surface area contributed by atoms with Crippen LogP contribution in [0.25, 0.3) is 0 Å². The molecule has 14 heavy (non-hydrogen) atoms. The largest absolute Gasteiger partial charge is 0.479 e. The van der Waals surface area contributed by atoms with E-state index in [0.717, 1.165) is 6.39 Å². The Morgan fingerprint density at radius 2 is 2.57 bits per heavy atom. The first-order valence-electron chi connectivity index (χ1n) is 3.89. The minimum absolute atomic E-state index is 0.0564. The predicted octanol–water partition coefficient (Wildman–Crippen LogP) is 0.0613. The number of carbonyl (C=O) groups is 1. The summed E-state index contributed by atoms with van der Waals surface area (Å²) in [5, 5.41) is 15.9. The standard InChI is InChI=1S/C7H11N3O3S/c1-14-3-2-7(8,6(11)12)5-10-9-4-13-5/h4H,2-3,8H2,1H3,(H,11,12). The van der Waals surface area contributed by atoms with Crippen LogP contribution in [-0.2, 0) is 10.3 Å². The minimum atomic E-state index is -1.57. The second kappa shape index (κ2) is 4.43. The molecule has 0 saturated carbocycles. The van der Waals surface area contributed by atoms with Crippen molar-refractivity contribution in [3.8, 4) is 0 Å². The summed E-state index contributed by atoms with van der Waals surface area (Å²) in [7, 11) is 0. The van der Waals surface area contributed by atoms with E-state index in [-0.39, 0.29) is 12.3 Å². The third-order valence-electron chi connectivity index (χ3n) is 1.82. The molecular weight excluding hydrogens is 206 g/mol. The molecule has 0 spiro atoms. The van der Waals surface area contributed by atoms with Gasteiger partial charge in [0.1, 0.15) is 0 Å². The van der Waals surface area contributed by atoms with Crippen LogP contribution in [0.15, 0.2) is 10.8 Å². The lowest BCUT2D eigenvalue weighted by Gasteiger charge is -2.19. The highest BCUT2D eigenvalue weighted by atomic mass is 32.2. The number of nitrogens with zero attached hydrogens (tertiary/aromatic N) is 2. The summed E-state index contributed by atoms with van der Waals surface area (Å²) in [6, 6.07) is 0. The number of carboxylic acids is 1. The Kier molecular flexibility index (Phi) is 3.48. The van der Waals surface area contributed by atoms with Gasteiger partial charge in [-0.1, -0.05) is 0 Å². The quantitative estimate of drug-likeness (QED) is 0.718. The maximum atomic E-state index is 11.0. The fourth-order valence-electron chi connectivity index (χ4n) is 0.936. The van der Waals surface area contributed by atoms with Crippen molar-refractivity contribution in [3.05, 3.63) is 12.3 Å². The van der Waals surface area contributed by atoms with Crippen LogP contribution in [-0.4, -0.2) is 33.3 Å². The van der Waals surface area contributed by atoms with E-state index in [2.05, 4.69) is 10.2 Å². The Bertz CT molecular complexity index is 303. The van der Waals surface area contributed by atoms with E-state index in [1.54, 1.807) is 0 Å². The molecule has 1 aromatic heterocycles. The van der Waals surface area contributed by atoms with Gasteiger partial charge in [-0.05, 0) is 18.4 Å². The van der Waals surface area contributed by atoms with E-state index in [9.17, 15) is 4.79 Å². The van der Waals surface area contributed by atoms with Crippen LogP contribution in [0.5, 0.6) is 0 Å². The molecule has 7 heteroatoms. The van der Waals surface area contributed by atoms with E-state index in [1.807, 2.05) is 6.26 Å². The number of aromatic nitrogens is 2. The number of carboxylic acid groups (broad SMARTS) is 1. The van der Waals surface area contributed by atoms with E-state index in [0.29, 0.717) is 5.75 Å². The highest BCUT2D eigenvalue weighted by Gasteiger charge is 2.40. The van der Waals surface area contributed by atoms with Crippen LogP contribution in [0.2, 0.25) is 0 Å². The molecule has 6 nitrogen and oxygen atoms in total. The fraction of sp³-hybridized carbons (Fsp3) is 0.571. The topological polar surface area (TPSA) is 102 Å². The van der Waals surface area contributed by atoms with Crippen molar-refractivity contribution in [2.75, 3.05) is 12.0 Å². The van der Waals surface area contributed by atoms with Crippen LogP contribution < -0.4 is 5.73 Å². The van der Waals surface area contributed by atoms with Crippen molar-refractivity contribution >= 4 is 17.7 Å². The summed E-state index contributed by atoms with van der Waals surface area (Å²) in [5.41, 5.74) is 4.11. The molecule has 0 aliphatic carbocycles. The molecule has 0 amide bonds. The minimum Gasteiger partial charge on any atom is -0.479 e. The van der Waals surface area contributed by atoms with Crippen molar-refractivity contribution in [2.24, 2.45) is 5.73 Å². The van der Waals surface area contributed by atoms with Crippen LogP contribution in [0.1, 0.15) is 12.3 Å². The Hall–Kier alpha value is -1.08. The van der Waals surface area contributed by atoms with Gasteiger partial charge in [0.25, 0.3) is 0 Å². The first-order valence-corrected chi connectivity index (χ1v) is 5.28. The lowest BCUT2D eigenvalue weighted by molar-refractivity contribution is -0.144. The number of thioether (sulfide) groups is 1. The predicted molar refractivity (Wildman–Crippen MR) is 50.8 cm³/mol. The maximum absolute atomic E-state index is 11.0. The molecule has 1 atom stereocenters. The van der Waals surface area contributed by atoms with Crippen molar-refractivity contribution in [2.45, 2.75) is 12.0 Å². The van der Waals surface area contributed by atoms with Gasteiger partial charge in [0, 0.05) is 0 Å². The molecule has 78 valence electrons. The third kappa shape index (κ3) is 2.05. The first-order chi connectivity index (χ1) is 6.61. The smallest absolute Gasteiger partial charge is 0.333 e. The van der Waals surface area contributed by atoms with Crippen molar-refractivity contribution in [3.63, 3.8) is 0 Å². The highest BCUT2D eigenvalue weighted by Crippen LogP contribution is 2.21. The van der Waals surface area contributed by atoms with Gasteiger partial charge in [-0.3, -0.25) is 0 Å². The van der Waals surface area contributed by atoms with Crippen molar-refractivity contribution in [1.82, 2.24) is 10.2 Å². The zero-order valence-electron chi connectivity index (χ0n) is 7.64. The average Bonchev–Trinajstić information content (AvgIpc) is 2.66. The maximum Gasteiger partial charge on any atom is 0.333 e. The van der Waals surface area contributed by atoms with Crippen LogP contribution in [0.3, 0.4) is 0 Å². The molecule has 0 fully saturated rings. The summed E-state index contributed by atoms with van der Waals surface area (Å²) in [6.07, 6.45) is 3.20. The first kappa shape index (κ1) is 11.0. The van der Waals surface area contributed by atoms with Crippen molar-refractivity contribution in [1.29, 1.82) is 0 Å². The number of rotatable bonds is 5. The normalized spacial score (nSPS) is 15.0. The van der Waals surface area contributed by atoms with Gasteiger partial charge in [0.15, 0.2) is 5.54 Å². The Morgan fingerprint density at radius 3 is 3.00 bits per heavy atom. The molecule has 1 heterocycles. The third-order valence-corrected chi connectivity index (χ3v) is 2.44. The van der Waals surface area contributed by atoms with E-state index < -0.39 is 11.5 Å². The molecule has 1 rings (SSSR count). The molecule has 0 saturated heterocycles. The van der Waals surface area contributed by atoms with Crippen LogP contribution in [0.4, 0.5) is 0 Å². The fourth-order valence-corrected chi connectivity index (χ4v) is 1.46. The van der Waals surface area contributed by atoms with Crippen LogP contribution in [0, 0.1) is 0 Å². The lowest BCUT2D eigenvalue weighted by atomic mass is 9.98.